The second-order valence-corrected chi connectivity index (χ2v) is 13.5. The van der Waals surface area contributed by atoms with Gasteiger partial charge >= 0.3 is 0 Å². The number of halogens is 2. The molecular weight excluding hydrogens is 585 g/mol. The Labute approximate surface area is 252 Å². The van der Waals surface area contributed by atoms with Crippen LogP contribution in [0.2, 0.25) is 10.0 Å². The summed E-state index contributed by atoms with van der Waals surface area (Å²) in [6.07, 6.45) is 1.02. The van der Waals surface area contributed by atoms with Crippen LogP contribution >= 0.6 is 23.2 Å². The van der Waals surface area contributed by atoms with Gasteiger partial charge in [-0.3, -0.25) is 13.9 Å². The third kappa shape index (κ3) is 9.66. The lowest BCUT2D eigenvalue weighted by molar-refractivity contribution is -0.140. The predicted octanol–water partition coefficient (Wildman–Crippen LogP) is 5.67. The highest BCUT2D eigenvalue weighted by molar-refractivity contribution is 7.92. The molecule has 3 aromatic rings. The van der Waals surface area contributed by atoms with Crippen molar-refractivity contribution < 1.29 is 22.7 Å². The van der Waals surface area contributed by atoms with Crippen LogP contribution in [-0.2, 0) is 32.8 Å². The fraction of sp³-hybridized carbons (Fsp3) is 0.333. The number of sulfonamides is 1. The van der Waals surface area contributed by atoms with Crippen LogP contribution in [0.15, 0.2) is 72.8 Å². The summed E-state index contributed by atoms with van der Waals surface area (Å²) in [5.74, 6) is -0.423. The maximum Gasteiger partial charge on any atom is 0.244 e. The van der Waals surface area contributed by atoms with E-state index in [-0.39, 0.29) is 18.1 Å². The molecule has 0 bridgehead atoms. The van der Waals surface area contributed by atoms with Crippen molar-refractivity contribution in [2.24, 2.45) is 0 Å². The minimum absolute atomic E-state index is 0.0303. The quantitative estimate of drug-likeness (QED) is 0.298. The van der Waals surface area contributed by atoms with Gasteiger partial charge in [0.2, 0.25) is 21.8 Å². The molecule has 0 aliphatic carbocycles. The molecule has 1 unspecified atom stereocenters. The Morgan fingerprint density at radius 1 is 0.976 bits per heavy atom. The fourth-order valence-electron chi connectivity index (χ4n) is 3.95. The highest BCUT2D eigenvalue weighted by Crippen LogP contribution is 2.25. The van der Waals surface area contributed by atoms with E-state index in [1.54, 1.807) is 49.4 Å². The van der Waals surface area contributed by atoms with Gasteiger partial charge in [-0.25, -0.2) is 8.42 Å². The molecule has 2 amide bonds. The standard InChI is InChI=1S/C30H35Cl2N3O5S/c1-21(29(37)33-30(2,3)4)34(18-23-11-12-24(31)17-27(23)32)28(36)19-35(41(5,38)39)25-13-15-26(16-14-25)40-20-22-9-7-6-8-10-22/h6-17,21H,18-20H2,1-5H3,(H,33,37). The molecule has 1 N–H and O–H groups in total. The van der Waals surface area contributed by atoms with E-state index in [4.69, 9.17) is 27.9 Å². The molecule has 220 valence electrons. The predicted molar refractivity (Wildman–Crippen MR) is 164 cm³/mol. The minimum Gasteiger partial charge on any atom is -0.489 e. The summed E-state index contributed by atoms with van der Waals surface area (Å²) in [6, 6.07) is 20.0. The van der Waals surface area contributed by atoms with Crippen molar-refractivity contribution in [3.63, 3.8) is 0 Å². The Hall–Kier alpha value is -3.27. The topological polar surface area (TPSA) is 96.0 Å². The maximum absolute atomic E-state index is 13.7. The Bertz CT molecular complexity index is 1460. The van der Waals surface area contributed by atoms with E-state index < -0.39 is 34.1 Å². The lowest BCUT2D eigenvalue weighted by Gasteiger charge is -2.33. The minimum atomic E-state index is -3.88. The first-order chi connectivity index (χ1) is 19.1. The van der Waals surface area contributed by atoms with Gasteiger partial charge in [0, 0.05) is 22.1 Å². The van der Waals surface area contributed by atoms with Crippen LogP contribution in [-0.4, -0.2) is 49.5 Å². The van der Waals surface area contributed by atoms with Crippen molar-refractivity contribution in [3.05, 3.63) is 94.0 Å². The molecule has 41 heavy (non-hydrogen) atoms. The van der Waals surface area contributed by atoms with Crippen LogP contribution < -0.4 is 14.4 Å². The summed E-state index contributed by atoms with van der Waals surface area (Å²) in [6.45, 7) is 6.88. The molecule has 0 saturated carbocycles. The van der Waals surface area contributed by atoms with E-state index in [9.17, 15) is 18.0 Å². The van der Waals surface area contributed by atoms with Gasteiger partial charge in [-0.05, 0) is 75.2 Å². The summed E-state index contributed by atoms with van der Waals surface area (Å²) >= 11 is 12.4. The molecule has 1 atom stereocenters. The number of benzene rings is 3. The van der Waals surface area contributed by atoms with E-state index in [1.807, 2.05) is 51.1 Å². The third-order valence-corrected chi connectivity index (χ3v) is 7.80. The van der Waals surface area contributed by atoms with Gasteiger partial charge in [-0.15, -0.1) is 0 Å². The van der Waals surface area contributed by atoms with E-state index in [0.29, 0.717) is 28.0 Å². The van der Waals surface area contributed by atoms with Gasteiger partial charge in [0.05, 0.1) is 11.9 Å². The molecule has 11 heteroatoms. The van der Waals surface area contributed by atoms with E-state index >= 15 is 0 Å². The number of hydrogen-bond donors (Lipinski definition) is 1. The first-order valence-corrected chi connectivity index (χ1v) is 15.5. The molecule has 3 rings (SSSR count). The molecule has 0 heterocycles. The van der Waals surface area contributed by atoms with Gasteiger partial charge in [0.15, 0.2) is 0 Å². The number of carbonyl (C=O) groups excluding carboxylic acids is 2. The second-order valence-electron chi connectivity index (χ2n) is 10.7. The fourth-order valence-corrected chi connectivity index (χ4v) is 5.27. The number of carbonyl (C=O) groups is 2. The Morgan fingerprint density at radius 2 is 1.61 bits per heavy atom. The van der Waals surface area contributed by atoms with Crippen LogP contribution in [0.1, 0.15) is 38.8 Å². The highest BCUT2D eigenvalue weighted by Gasteiger charge is 2.31. The summed E-state index contributed by atoms with van der Waals surface area (Å²) in [5.41, 5.74) is 1.29. The molecule has 0 fully saturated rings. The molecular formula is C30H35Cl2N3O5S. The molecule has 0 radical (unpaired) electrons. The first kappa shape index (κ1) is 32.2. The van der Waals surface area contributed by atoms with E-state index in [2.05, 4.69) is 5.32 Å². The average Bonchev–Trinajstić information content (AvgIpc) is 2.89. The van der Waals surface area contributed by atoms with Crippen molar-refractivity contribution >= 4 is 50.7 Å². The van der Waals surface area contributed by atoms with Gasteiger partial charge in [0.1, 0.15) is 24.9 Å². The largest absolute Gasteiger partial charge is 0.489 e. The summed E-state index contributed by atoms with van der Waals surface area (Å²) < 4.78 is 32.5. The van der Waals surface area contributed by atoms with Crippen LogP contribution in [0.5, 0.6) is 5.75 Å². The number of anilines is 1. The molecule has 0 saturated heterocycles. The van der Waals surface area contributed by atoms with Gasteiger partial charge < -0.3 is 15.0 Å². The van der Waals surface area contributed by atoms with Crippen LogP contribution in [0.4, 0.5) is 5.69 Å². The first-order valence-electron chi connectivity index (χ1n) is 12.9. The lowest BCUT2D eigenvalue weighted by Crippen LogP contribution is -2.54. The normalized spacial score (nSPS) is 12.4. The van der Waals surface area contributed by atoms with Crippen molar-refractivity contribution in [1.29, 1.82) is 0 Å². The van der Waals surface area contributed by atoms with Gasteiger partial charge in [-0.2, -0.15) is 0 Å². The summed E-state index contributed by atoms with van der Waals surface area (Å²) in [7, 11) is -3.88. The smallest absolute Gasteiger partial charge is 0.244 e. The van der Waals surface area contributed by atoms with Crippen molar-refractivity contribution in [3.8, 4) is 5.75 Å². The van der Waals surface area contributed by atoms with E-state index in [0.717, 1.165) is 16.1 Å². The van der Waals surface area contributed by atoms with Crippen molar-refractivity contribution in [2.45, 2.75) is 52.4 Å². The number of amides is 2. The summed E-state index contributed by atoms with van der Waals surface area (Å²) in [5, 5.41) is 3.63. The highest BCUT2D eigenvalue weighted by atomic mass is 35.5. The Balaban J connectivity index is 1.86. The molecule has 0 aliphatic heterocycles. The molecule has 3 aromatic carbocycles. The monoisotopic (exact) mass is 619 g/mol. The SMILES string of the molecule is CC(C(=O)NC(C)(C)C)N(Cc1ccc(Cl)cc1Cl)C(=O)CN(c1ccc(OCc2ccccc2)cc1)S(C)(=O)=O. The van der Waals surface area contributed by atoms with E-state index in [1.165, 1.54) is 4.90 Å². The van der Waals surface area contributed by atoms with Gasteiger partial charge in [0.25, 0.3) is 0 Å². The van der Waals surface area contributed by atoms with Crippen LogP contribution in [0.3, 0.4) is 0 Å². The molecule has 0 aromatic heterocycles. The Kier molecular flexibility index (Phi) is 10.7. The lowest BCUT2D eigenvalue weighted by atomic mass is 10.1. The van der Waals surface area contributed by atoms with Gasteiger partial charge in [-0.1, -0.05) is 59.6 Å². The molecule has 0 spiro atoms. The number of nitrogens with zero attached hydrogens (tertiary/aromatic N) is 2. The number of rotatable bonds is 11. The van der Waals surface area contributed by atoms with Crippen molar-refractivity contribution in [1.82, 2.24) is 10.2 Å². The van der Waals surface area contributed by atoms with Crippen LogP contribution in [0.25, 0.3) is 0 Å². The zero-order valence-electron chi connectivity index (χ0n) is 23.7. The number of hydrogen-bond acceptors (Lipinski definition) is 5. The number of nitrogens with one attached hydrogen (secondary N) is 1. The zero-order valence-corrected chi connectivity index (χ0v) is 26.1. The summed E-state index contributed by atoms with van der Waals surface area (Å²) in [4.78, 5) is 28.1. The second kappa shape index (κ2) is 13.6. The average molecular weight is 621 g/mol. The van der Waals surface area contributed by atoms with Crippen molar-refractivity contribution in [2.75, 3.05) is 17.1 Å². The Morgan fingerprint density at radius 3 is 2.17 bits per heavy atom. The maximum atomic E-state index is 13.7. The third-order valence-electron chi connectivity index (χ3n) is 6.07. The number of ether oxygens (including phenoxy) is 1. The molecule has 8 nitrogen and oxygen atoms in total. The zero-order chi connectivity index (χ0) is 30.4. The molecule has 0 aliphatic rings. The van der Waals surface area contributed by atoms with Crippen LogP contribution in [0, 0.1) is 0 Å².